The molecular formula is C33H38Cl2N8O6S2. The van der Waals surface area contributed by atoms with Gasteiger partial charge in [-0.3, -0.25) is 28.7 Å². The molecule has 2 N–H and O–H groups in total. The van der Waals surface area contributed by atoms with Gasteiger partial charge in [-0.05, 0) is 49.2 Å². The number of hydrogen-bond acceptors (Lipinski definition) is 9. The van der Waals surface area contributed by atoms with Crippen LogP contribution in [0.4, 0.5) is 0 Å². The molecule has 2 aromatic carbocycles. The van der Waals surface area contributed by atoms with E-state index >= 15 is 0 Å². The number of sulfone groups is 1. The number of imidazole rings is 2. The highest BCUT2D eigenvalue weighted by Gasteiger charge is 2.29. The van der Waals surface area contributed by atoms with Crippen molar-refractivity contribution in [2.24, 2.45) is 14.1 Å². The van der Waals surface area contributed by atoms with Crippen LogP contribution in [0.15, 0.2) is 78.0 Å². The number of aryl methyl sites for hydroxylation is 2. The smallest absolute Gasteiger partial charge is 0.309 e. The van der Waals surface area contributed by atoms with Gasteiger partial charge in [0.1, 0.15) is 0 Å². The van der Waals surface area contributed by atoms with Gasteiger partial charge in [0, 0.05) is 29.4 Å². The minimum absolute atomic E-state index is 0. The normalized spacial score (nSPS) is 11.6. The van der Waals surface area contributed by atoms with Crippen LogP contribution in [0, 0.1) is 0 Å². The van der Waals surface area contributed by atoms with Crippen LogP contribution in [-0.4, -0.2) is 57.1 Å². The van der Waals surface area contributed by atoms with Crippen molar-refractivity contribution in [1.82, 2.24) is 38.2 Å². The van der Waals surface area contributed by atoms with Gasteiger partial charge in [-0.2, -0.15) is 4.98 Å². The van der Waals surface area contributed by atoms with Crippen LogP contribution in [0.25, 0.3) is 22.3 Å². The van der Waals surface area contributed by atoms with Crippen molar-refractivity contribution < 1.29 is 8.42 Å². The molecule has 0 bridgehead atoms. The summed E-state index contributed by atoms with van der Waals surface area (Å²) in [6.45, 7) is 7.75. The van der Waals surface area contributed by atoms with Crippen LogP contribution in [0.5, 0.6) is 0 Å². The van der Waals surface area contributed by atoms with E-state index < -0.39 is 37.6 Å². The molecule has 0 saturated heterocycles. The molecule has 272 valence electrons. The Kier molecular flexibility index (Phi) is 12.0. The second-order valence-corrected chi connectivity index (χ2v) is 16.8. The summed E-state index contributed by atoms with van der Waals surface area (Å²) in [6.07, 6.45) is 0. The maximum absolute atomic E-state index is 12.8. The van der Waals surface area contributed by atoms with E-state index in [9.17, 15) is 27.6 Å². The first-order chi connectivity index (χ1) is 23.5. The fraction of sp³-hybridized carbons (Fsp3) is 0.333. The molecule has 6 aromatic rings. The van der Waals surface area contributed by atoms with Crippen LogP contribution in [0.2, 0.25) is 10.0 Å². The highest BCUT2D eigenvalue weighted by Crippen LogP contribution is 2.26. The SMILES string of the molecule is C.CC(C)S(=O)(=O)c1nc2c(c(=O)[nH]c(=O)n2C)n1Cc1ccc(Cl)cc1.CC(C)Sc1nc2c(c(=O)[nH]c(=O)n2C)n1Cc1ccc(Cl)cc1. The van der Waals surface area contributed by atoms with Gasteiger partial charge in [0.15, 0.2) is 27.5 Å². The summed E-state index contributed by atoms with van der Waals surface area (Å²) in [5, 5.41) is 1.22. The zero-order valence-corrected chi connectivity index (χ0v) is 31.0. The molecule has 0 aliphatic rings. The highest BCUT2D eigenvalue weighted by atomic mass is 35.5. The summed E-state index contributed by atoms with van der Waals surface area (Å²) >= 11 is 13.4. The van der Waals surface area contributed by atoms with E-state index in [1.807, 2.05) is 28.8 Å². The first kappa shape index (κ1) is 39.4. The lowest BCUT2D eigenvalue weighted by Crippen LogP contribution is -2.29. The van der Waals surface area contributed by atoms with Crippen molar-refractivity contribution in [2.45, 2.75) is 69.0 Å². The Labute approximate surface area is 307 Å². The summed E-state index contributed by atoms with van der Waals surface area (Å²) < 4.78 is 31.2. The first-order valence-corrected chi connectivity index (χ1v) is 18.5. The molecule has 0 fully saturated rings. The second-order valence-electron chi connectivity index (χ2n) is 12.0. The maximum Gasteiger partial charge on any atom is 0.329 e. The number of H-pyrrole nitrogens is 2. The van der Waals surface area contributed by atoms with E-state index in [1.54, 1.807) is 43.1 Å². The van der Waals surface area contributed by atoms with Crippen LogP contribution in [-0.2, 0) is 37.0 Å². The first-order valence-electron chi connectivity index (χ1n) is 15.3. The molecule has 14 nitrogen and oxygen atoms in total. The fourth-order valence-corrected chi connectivity index (χ4v) is 7.19. The Balaban J connectivity index is 0.000000225. The number of thioether (sulfide) groups is 1. The number of aromatic nitrogens is 8. The molecule has 18 heteroatoms. The summed E-state index contributed by atoms with van der Waals surface area (Å²) in [5.41, 5.74) is 0.334. The molecule has 0 radical (unpaired) electrons. The molecule has 0 aliphatic carbocycles. The van der Waals surface area contributed by atoms with Crippen molar-refractivity contribution in [3.63, 3.8) is 0 Å². The largest absolute Gasteiger partial charge is 0.329 e. The van der Waals surface area contributed by atoms with Gasteiger partial charge < -0.3 is 9.13 Å². The van der Waals surface area contributed by atoms with Crippen molar-refractivity contribution in [3.8, 4) is 0 Å². The number of benzene rings is 2. The van der Waals surface area contributed by atoms with Crippen molar-refractivity contribution >= 4 is 67.1 Å². The van der Waals surface area contributed by atoms with Crippen molar-refractivity contribution in [3.05, 3.63) is 111 Å². The number of rotatable bonds is 8. The van der Waals surface area contributed by atoms with Gasteiger partial charge in [0.05, 0.1) is 18.3 Å². The van der Waals surface area contributed by atoms with Crippen LogP contribution in [0.1, 0.15) is 46.2 Å². The maximum atomic E-state index is 12.8. The molecule has 4 heterocycles. The Bertz CT molecular complexity index is 2560. The number of fused-ring (bicyclic) bond motifs is 2. The molecule has 51 heavy (non-hydrogen) atoms. The predicted molar refractivity (Wildman–Crippen MR) is 202 cm³/mol. The summed E-state index contributed by atoms with van der Waals surface area (Å²) in [4.78, 5) is 61.6. The molecular weight excluding hydrogens is 739 g/mol. The summed E-state index contributed by atoms with van der Waals surface area (Å²) in [5.74, 6) is 0. The van der Waals surface area contributed by atoms with E-state index in [-0.39, 0.29) is 30.3 Å². The standard InChI is InChI=1S/C16H17ClN4O4S.C16H17ClN4O2S.CH4/c1-9(2)26(24,25)16-18-13-12(14(22)19-15(23)20(13)3)21(16)8-10-4-6-11(17)7-5-10;1-9(2)24-16-18-13-12(14(22)19-15(23)20(13)3)21(16)8-10-4-6-11(17)7-5-10;/h4-7,9H,8H2,1-3H3,(H,19,22,23);4-7,9H,8H2,1-3H3,(H,19,22,23);1H4. The Morgan fingerprint density at radius 2 is 1.12 bits per heavy atom. The lowest BCUT2D eigenvalue weighted by atomic mass is 10.2. The number of hydrogen-bond donors (Lipinski definition) is 2. The lowest BCUT2D eigenvalue weighted by molar-refractivity contribution is 0.566. The molecule has 0 amide bonds. The second kappa shape index (κ2) is 15.5. The van der Waals surface area contributed by atoms with Gasteiger partial charge in [-0.15, -0.1) is 0 Å². The van der Waals surface area contributed by atoms with E-state index in [4.69, 9.17) is 23.2 Å². The monoisotopic (exact) mass is 776 g/mol. The predicted octanol–water partition coefficient (Wildman–Crippen LogP) is 4.57. The fourth-order valence-electron chi connectivity index (χ4n) is 5.00. The Morgan fingerprint density at radius 3 is 1.55 bits per heavy atom. The van der Waals surface area contributed by atoms with E-state index in [0.717, 1.165) is 15.7 Å². The minimum Gasteiger partial charge on any atom is -0.309 e. The summed E-state index contributed by atoms with van der Waals surface area (Å²) in [6, 6.07) is 14.3. The van der Waals surface area contributed by atoms with Gasteiger partial charge in [0.25, 0.3) is 11.1 Å². The number of nitrogens with one attached hydrogen (secondary N) is 2. The number of nitrogens with zero attached hydrogens (tertiary/aromatic N) is 6. The zero-order valence-electron chi connectivity index (χ0n) is 27.9. The molecule has 0 saturated carbocycles. The van der Waals surface area contributed by atoms with E-state index in [0.29, 0.717) is 38.2 Å². The van der Waals surface area contributed by atoms with Crippen molar-refractivity contribution in [1.29, 1.82) is 0 Å². The van der Waals surface area contributed by atoms with E-state index in [2.05, 4.69) is 33.8 Å². The zero-order chi connectivity index (χ0) is 36.7. The van der Waals surface area contributed by atoms with Crippen molar-refractivity contribution in [2.75, 3.05) is 0 Å². The van der Waals surface area contributed by atoms with E-state index in [1.165, 1.54) is 30.0 Å². The Morgan fingerprint density at radius 1 is 0.706 bits per heavy atom. The lowest BCUT2D eigenvalue weighted by Gasteiger charge is -2.11. The molecule has 4 aromatic heterocycles. The number of aromatic amines is 2. The minimum atomic E-state index is -3.79. The molecule has 0 atom stereocenters. The van der Waals surface area contributed by atoms with Crippen LogP contribution < -0.4 is 22.5 Å². The topological polar surface area (TPSA) is 180 Å². The molecule has 0 aliphatic heterocycles. The molecule has 6 rings (SSSR count). The van der Waals surface area contributed by atoms with Gasteiger partial charge in [0.2, 0.25) is 15.0 Å². The number of halogens is 2. The third-order valence-electron chi connectivity index (χ3n) is 7.67. The van der Waals surface area contributed by atoms with Crippen LogP contribution >= 0.6 is 35.0 Å². The third-order valence-corrected chi connectivity index (χ3v) is 11.2. The summed E-state index contributed by atoms with van der Waals surface area (Å²) in [7, 11) is -0.763. The average Bonchev–Trinajstić information content (AvgIpc) is 3.61. The Hall–Kier alpha value is -4.38. The average molecular weight is 778 g/mol. The van der Waals surface area contributed by atoms with Gasteiger partial charge in [-0.25, -0.2) is 23.0 Å². The van der Waals surface area contributed by atoms with Crippen LogP contribution in [0.3, 0.4) is 0 Å². The third kappa shape index (κ3) is 8.08. The van der Waals surface area contributed by atoms with Gasteiger partial charge in [-0.1, -0.05) is 80.5 Å². The molecule has 0 spiro atoms. The molecule has 0 unspecified atom stereocenters. The highest BCUT2D eigenvalue weighted by molar-refractivity contribution is 7.99. The van der Waals surface area contributed by atoms with Gasteiger partial charge >= 0.3 is 11.4 Å². The quantitative estimate of drug-likeness (QED) is 0.210.